The summed E-state index contributed by atoms with van der Waals surface area (Å²) in [6.45, 7) is 2.25. The van der Waals surface area contributed by atoms with Crippen molar-refractivity contribution in [1.29, 1.82) is 0 Å². The van der Waals surface area contributed by atoms with Crippen molar-refractivity contribution in [2.24, 2.45) is 4.99 Å². The van der Waals surface area contributed by atoms with Gasteiger partial charge in [-0.3, -0.25) is 0 Å². The van der Waals surface area contributed by atoms with Gasteiger partial charge >= 0.3 is 0 Å². The average molecular weight is 231 g/mol. The lowest BCUT2D eigenvalue weighted by Gasteiger charge is -2.09. The lowest BCUT2D eigenvalue weighted by atomic mass is 10.0. The summed E-state index contributed by atoms with van der Waals surface area (Å²) in [6, 6.07) is 6.55. The largest absolute Gasteiger partial charge is 0.235 e. The van der Waals surface area contributed by atoms with Crippen LogP contribution < -0.4 is 0 Å². The van der Waals surface area contributed by atoms with E-state index in [0.717, 1.165) is 19.3 Å². The molecule has 1 saturated carbocycles. The Morgan fingerprint density at radius 1 is 1.50 bits per heavy atom. The van der Waals surface area contributed by atoms with Gasteiger partial charge in [-0.2, -0.15) is 4.99 Å². The molecule has 0 aromatic heterocycles. The molecule has 0 amide bonds. The van der Waals surface area contributed by atoms with E-state index in [1.807, 2.05) is 11.8 Å². The van der Waals surface area contributed by atoms with Gasteiger partial charge in [0.05, 0.1) is 5.54 Å². The van der Waals surface area contributed by atoms with Gasteiger partial charge in [0.25, 0.3) is 0 Å². The third-order valence-electron chi connectivity index (χ3n) is 3.42. The zero-order valence-corrected chi connectivity index (χ0v) is 10.0. The molecule has 3 rings (SSSR count). The number of isocyanates is 1. The van der Waals surface area contributed by atoms with Crippen molar-refractivity contribution in [3.63, 3.8) is 0 Å². The van der Waals surface area contributed by atoms with Crippen LogP contribution in [0.4, 0.5) is 0 Å². The number of fused-ring (bicyclic) bond motifs is 1. The molecule has 1 heterocycles. The predicted molar refractivity (Wildman–Crippen MR) is 64.5 cm³/mol. The molecule has 0 N–H and O–H groups in total. The summed E-state index contributed by atoms with van der Waals surface area (Å²) in [5.74, 6) is 0. The topological polar surface area (TPSA) is 29.4 Å². The van der Waals surface area contributed by atoms with Crippen molar-refractivity contribution in [1.82, 2.24) is 0 Å². The number of hydrogen-bond acceptors (Lipinski definition) is 3. The minimum absolute atomic E-state index is 0.219. The number of rotatable bonds is 2. The highest BCUT2D eigenvalue weighted by atomic mass is 32.2. The third-order valence-corrected chi connectivity index (χ3v) is 4.63. The number of aliphatic imine (C=N–C) groups is 1. The van der Waals surface area contributed by atoms with Crippen LogP contribution in [0, 0.1) is 0 Å². The van der Waals surface area contributed by atoms with Crippen LogP contribution in [0.2, 0.25) is 0 Å². The van der Waals surface area contributed by atoms with Gasteiger partial charge in [0.15, 0.2) is 0 Å². The molecule has 1 unspecified atom stereocenters. The molecule has 1 fully saturated rings. The molecule has 0 saturated heterocycles. The number of carbonyl (C=O) groups excluding carboxylic acids is 1. The lowest BCUT2D eigenvalue weighted by molar-refractivity contribution is 0.556. The second-order valence-corrected chi connectivity index (χ2v) is 6.17. The first-order chi connectivity index (χ1) is 7.73. The van der Waals surface area contributed by atoms with Crippen molar-refractivity contribution in [2.75, 3.05) is 0 Å². The monoisotopic (exact) mass is 231 g/mol. The first-order valence-corrected chi connectivity index (χ1v) is 6.51. The van der Waals surface area contributed by atoms with Crippen molar-refractivity contribution >= 4 is 17.8 Å². The van der Waals surface area contributed by atoms with Crippen LogP contribution in [0.15, 0.2) is 28.1 Å². The van der Waals surface area contributed by atoms with E-state index in [2.05, 4.69) is 30.1 Å². The standard InChI is InChI=1S/C13H13NOS/c1-9-6-10-2-3-11(7-12(10)16-9)13(4-5-13)14-8-15/h2-3,7,9H,4-6H2,1H3. The minimum Gasteiger partial charge on any atom is -0.211 e. The van der Waals surface area contributed by atoms with Crippen molar-refractivity contribution in [2.45, 2.75) is 41.9 Å². The maximum absolute atomic E-state index is 10.4. The molecule has 1 aromatic carbocycles. The van der Waals surface area contributed by atoms with Gasteiger partial charge in [-0.15, -0.1) is 11.8 Å². The van der Waals surface area contributed by atoms with Crippen molar-refractivity contribution < 1.29 is 4.79 Å². The highest BCUT2D eigenvalue weighted by Gasteiger charge is 2.45. The van der Waals surface area contributed by atoms with E-state index in [9.17, 15) is 4.79 Å². The molecular weight excluding hydrogens is 218 g/mol. The summed E-state index contributed by atoms with van der Waals surface area (Å²) in [4.78, 5) is 15.8. The smallest absolute Gasteiger partial charge is 0.211 e. The van der Waals surface area contributed by atoms with Gasteiger partial charge < -0.3 is 0 Å². The summed E-state index contributed by atoms with van der Waals surface area (Å²) in [5, 5.41) is 0.676. The zero-order valence-electron chi connectivity index (χ0n) is 9.19. The van der Waals surface area contributed by atoms with E-state index in [4.69, 9.17) is 0 Å². The van der Waals surface area contributed by atoms with E-state index in [0.29, 0.717) is 5.25 Å². The Morgan fingerprint density at radius 2 is 2.31 bits per heavy atom. The zero-order chi connectivity index (χ0) is 11.2. The SMILES string of the molecule is CC1Cc2ccc(C3(N=C=O)CC3)cc2S1. The van der Waals surface area contributed by atoms with Gasteiger partial charge in [-0.1, -0.05) is 19.1 Å². The average Bonchev–Trinajstić information content (AvgIpc) is 2.93. The molecule has 1 aliphatic carbocycles. The molecule has 0 bridgehead atoms. The number of hydrogen-bond donors (Lipinski definition) is 0. The molecule has 1 aromatic rings. The Bertz CT molecular complexity index is 487. The molecule has 2 nitrogen and oxygen atoms in total. The van der Waals surface area contributed by atoms with Gasteiger partial charge in [0.2, 0.25) is 6.08 Å². The molecule has 82 valence electrons. The van der Waals surface area contributed by atoms with Crippen molar-refractivity contribution in [3.05, 3.63) is 29.3 Å². The molecule has 3 heteroatoms. The Labute approximate surface area is 99.2 Å². The summed E-state index contributed by atoms with van der Waals surface area (Å²) >= 11 is 1.93. The fourth-order valence-electron chi connectivity index (χ4n) is 2.36. The second kappa shape index (κ2) is 3.47. The Hall–Kier alpha value is -1.05. The molecule has 0 radical (unpaired) electrons. The summed E-state index contributed by atoms with van der Waals surface area (Å²) in [5.41, 5.74) is 2.41. The molecule has 16 heavy (non-hydrogen) atoms. The summed E-state index contributed by atoms with van der Waals surface area (Å²) in [6.07, 6.45) is 4.85. The molecule has 1 aliphatic heterocycles. The third kappa shape index (κ3) is 1.51. The minimum atomic E-state index is -0.219. The number of nitrogens with zero attached hydrogens (tertiary/aromatic N) is 1. The fourth-order valence-corrected chi connectivity index (χ4v) is 3.56. The van der Waals surface area contributed by atoms with E-state index >= 15 is 0 Å². The van der Waals surface area contributed by atoms with E-state index in [1.165, 1.54) is 16.0 Å². The Morgan fingerprint density at radius 3 is 3.00 bits per heavy atom. The maximum atomic E-state index is 10.4. The normalized spacial score (nSPS) is 24.7. The predicted octanol–water partition coefficient (Wildman–Crippen LogP) is 3.05. The quantitative estimate of drug-likeness (QED) is 0.578. The molecule has 2 aliphatic rings. The second-order valence-electron chi connectivity index (χ2n) is 4.69. The highest BCUT2D eigenvalue weighted by molar-refractivity contribution is 8.00. The van der Waals surface area contributed by atoms with Crippen LogP contribution >= 0.6 is 11.8 Å². The molecule has 0 spiro atoms. The fraction of sp³-hybridized carbons (Fsp3) is 0.462. The molecule has 1 atom stereocenters. The van der Waals surface area contributed by atoms with Crippen LogP contribution in [0.1, 0.15) is 30.9 Å². The van der Waals surface area contributed by atoms with Gasteiger partial charge in [-0.25, -0.2) is 4.79 Å². The highest BCUT2D eigenvalue weighted by Crippen LogP contribution is 2.51. The van der Waals surface area contributed by atoms with E-state index in [1.54, 1.807) is 6.08 Å². The Kier molecular flexibility index (Phi) is 2.20. The first-order valence-electron chi connectivity index (χ1n) is 5.63. The van der Waals surface area contributed by atoms with Gasteiger partial charge in [0.1, 0.15) is 0 Å². The lowest BCUT2D eigenvalue weighted by Crippen LogP contribution is -2.02. The number of thioether (sulfide) groups is 1. The summed E-state index contributed by atoms with van der Waals surface area (Å²) in [7, 11) is 0. The van der Waals surface area contributed by atoms with Crippen molar-refractivity contribution in [3.8, 4) is 0 Å². The van der Waals surface area contributed by atoms with Crippen LogP contribution in [0.3, 0.4) is 0 Å². The first kappa shape index (κ1) is 10.1. The molecular formula is C13H13NOS. The summed E-state index contributed by atoms with van der Waals surface area (Å²) < 4.78 is 0. The van der Waals surface area contributed by atoms with Crippen LogP contribution in [0.25, 0.3) is 0 Å². The number of benzene rings is 1. The van der Waals surface area contributed by atoms with Gasteiger partial charge in [0, 0.05) is 10.1 Å². The van der Waals surface area contributed by atoms with Crippen LogP contribution in [0.5, 0.6) is 0 Å². The van der Waals surface area contributed by atoms with Crippen LogP contribution in [-0.4, -0.2) is 11.3 Å². The van der Waals surface area contributed by atoms with Crippen LogP contribution in [-0.2, 0) is 16.8 Å². The van der Waals surface area contributed by atoms with Gasteiger partial charge in [-0.05, 0) is 36.5 Å². The van der Waals surface area contributed by atoms with E-state index < -0.39 is 0 Å². The maximum Gasteiger partial charge on any atom is 0.235 e. The Balaban J connectivity index is 2.00. The van der Waals surface area contributed by atoms with E-state index in [-0.39, 0.29) is 5.54 Å².